The molecule has 0 unspecified atom stereocenters. The van der Waals surface area contributed by atoms with Gasteiger partial charge in [-0.3, -0.25) is 0 Å². The molecule has 0 saturated heterocycles. The van der Waals surface area contributed by atoms with Gasteiger partial charge in [-0.05, 0) is 17.7 Å². The van der Waals surface area contributed by atoms with Crippen molar-refractivity contribution in [2.45, 2.75) is 6.61 Å². The maximum absolute atomic E-state index is 11.1. The van der Waals surface area contributed by atoms with Gasteiger partial charge in [0, 0.05) is 13.1 Å². The molecule has 1 amide bonds. The first-order chi connectivity index (χ1) is 9.28. The van der Waals surface area contributed by atoms with Gasteiger partial charge in [-0.2, -0.15) is 0 Å². The van der Waals surface area contributed by atoms with Crippen LogP contribution in [0.3, 0.4) is 0 Å². The van der Waals surface area contributed by atoms with Crippen LogP contribution in [0.1, 0.15) is 5.56 Å². The minimum atomic E-state index is -0.500. The van der Waals surface area contributed by atoms with E-state index in [2.05, 4.69) is 5.32 Å². The minimum absolute atomic E-state index is 0.449. The van der Waals surface area contributed by atoms with Gasteiger partial charge in [-0.15, -0.1) is 0 Å². The smallest absolute Gasteiger partial charge is 0.412 e. The van der Waals surface area contributed by atoms with E-state index in [1.165, 1.54) is 7.05 Å². The van der Waals surface area contributed by atoms with E-state index in [1.807, 2.05) is 36.4 Å². The number of benzene rings is 2. The van der Waals surface area contributed by atoms with E-state index in [1.54, 1.807) is 18.2 Å². The van der Waals surface area contributed by atoms with Crippen LogP contribution in [0.5, 0.6) is 11.5 Å². The Morgan fingerprint density at radius 2 is 1.79 bits per heavy atom. The molecule has 0 heterocycles. The van der Waals surface area contributed by atoms with Crippen molar-refractivity contribution in [3.8, 4) is 11.5 Å². The molecule has 0 aliphatic heterocycles. The van der Waals surface area contributed by atoms with Gasteiger partial charge in [0.25, 0.3) is 0 Å². The number of carbonyl (C=O) groups is 1. The Balaban J connectivity index is 1.97. The predicted molar refractivity (Wildman–Crippen MR) is 72.3 cm³/mol. The lowest BCUT2D eigenvalue weighted by molar-refractivity contribution is 0.202. The van der Waals surface area contributed by atoms with E-state index >= 15 is 0 Å². The van der Waals surface area contributed by atoms with E-state index in [9.17, 15) is 4.79 Å². The van der Waals surface area contributed by atoms with Crippen LogP contribution in [-0.4, -0.2) is 13.1 Å². The highest BCUT2D eigenvalue weighted by molar-refractivity contribution is 5.70. The molecule has 0 bridgehead atoms. The lowest BCUT2D eigenvalue weighted by atomic mass is 10.2. The van der Waals surface area contributed by atoms with Crippen molar-refractivity contribution in [2.75, 3.05) is 7.05 Å². The molecule has 0 aliphatic carbocycles. The molecule has 98 valence electrons. The van der Waals surface area contributed by atoms with Crippen LogP contribution < -0.4 is 14.8 Å². The lowest BCUT2D eigenvalue weighted by Crippen LogP contribution is -2.21. The second-order valence-electron chi connectivity index (χ2n) is 3.89. The van der Waals surface area contributed by atoms with Crippen LogP contribution in [0.25, 0.3) is 0 Å². The summed E-state index contributed by atoms with van der Waals surface area (Å²) in [5, 5.41) is 2.39. The van der Waals surface area contributed by atoms with Crippen molar-refractivity contribution >= 4 is 6.09 Å². The quantitative estimate of drug-likeness (QED) is 0.916. The number of hydrogen-bond acceptors (Lipinski definition) is 3. The standard InChI is InChI=1S/C15H15NO3/c1-16-15(17)19-14-9-5-8-13(10-14)18-11-12-6-3-2-4-7-12/h2-10H,11H2,1H3,(H,16,17). The van der Waals surface area contributed by atoms with E-state index in [-0.39, 0.29) is 0 Å². The van der Waals surface area contributed by atoms with Crippen LogP contribution in [0, 0.1) is 0 Å². The topological polar surface area (TPSA) is 47.6 Å². The van der Waals surface area contributed by atoms with Crippen LogP contribution in [0.15, 0.2) is 54.6 Å². The number of nitrogens with one attached hydrogen (secondary N) is 1. The summed E-state index contributed by atoms with van der Waals surface area (Å²) in [7, 11) is 1.51. The summed E-state index contributed by atoms with van der Waals surface area (Å²) in [6, 6.07) is 16.8. The maximum Gasteiger partial charge on any atom is 0.412 e. The molecular weight excluding hydrogens is 242 g/mol. The molecule has 0 aromatic heterocycles. The number of amides is 1. The maximum atomic E-state index is 11.1. The van der Waals surface area contributed by atoms with E-state index in [0.29, 0.717) is 18.1 Å². The zero-order valence-electron chi connectivity index (χ0n) is 10.6. The van der Waals surface area contributed by atoms with Crippen molar-refractivity contribution in [1.82, 2.24) is 5.32 Å². The van der Waals surface area contributed by atoms with Crippen LogP contribution in [0.2, 0.25) is 0 Å². The summed E-state index contributed by atoms with van der Waals surface area (Å²) < 4.78 is 10.7. The zero-order valence-corrected chi connectivity index (χ0v) is 10.6. The molecule has 1 N–H and O–H groups in total. The SMILES string of the molecule is CNC(=O)Oc1cccc(OCc2ccccc2)c1. The molecule has 2 aromatic rings. The Bertz CT molecular complexity index is 540. The second kappa shape index (κ2) is 6.44. The molecule has 19 heavy (non-hydrogen) atoms. The van der Waals surface area contributed by atoms with Gasteiger partial charge in [-0.1, -0.05) is 36.4 Å². The summed E-state index contributed by atoms with van der Waals surface area (Å²) >= 11 is 0. The summed E-state index contributed by atoms with van der Waals surface area (Å²) in [6.45, 7) is 0.476. The molecule has 4 heteroatoms. The summed E-state index contributed by atoms with van der Waals surface area (Å²) in [6.07, 6.45) is -0.500. The first-order valence-electron chi connectivity index (χ1n) is 5.94. The van der Waals surface area contributed by atoms with E-state index in [0.717, 1.165) is 5.56 Å². The van der Waals surface area contributed by atoms with Crippen LogP contribution >= 0.6 is 0 Å². The minimum Gasteiger partial charge on any atom is -0.489 e. The first kappa shape index (κ1) is 13.0. The van der Waals surface area contributed by atoms with Crippen LogP contribution in [-0.2, 0) is 6.61 Å². The average molecular weight is 257 g/mol. The molecule has 2 aromatic carbocycles. The molecule has 0 saturated carbocycles. The fourth-order valence-electron chi connectivity index (χ4n) is 1.53. The van der Waals surface area contributed by atoms with Gasteiger partial charge < -0.3 is 14.8 Å². The summed E-state index contributed by atoms with van der Waals surface area (Å²) in [4.78, 5) is 11.1. The Hall–Kier alpha value is -2.49. The van der Waals surface area contributed by atoms with Gasteiger partial charge in [-0.25, -0.2) is 4.79 Å². The highest BCUT2D eigenvalue weighted by Gasteiger charge is 2.03. The number of rotatable bonds is 4. The van der Waals surface area contributed by atoms with Gasteiger partial charge in [0.05, 0.1) is 0 Å². The summed E-state index contributed by atoms with van der Waals surface area (Å²) in [5.74, 6) is 1.11. The average Bonchev–Trinajstić information content (AvgIpc) is 2.46. The normalized spacial score (nSPS) is 9.74. The van der Waals surface area contributed by atoms with E-state index in [4.69, 9.17) is 9.47 Å². The third-order valence-corrected chi connectivity index (χ3v) is 2.47. The summed E-state index contributed by atoms with van der Waals surface area (Å²) in [5.41, 5.74) is 1.08. The van der Waals surface area contributed by atoms with Crippen molar-refractivity contribution in [2.24, 2.45) is 0 Å². The third-order valence-electron chi connectivity index (χ3n) is 2.47. The van der Waals surface area contributed by atoms with Crippen molar-refractivity contribution in [1.29, 1.82) is 0 Å². The lowest BCUT2D eigenvalue weighted by Gasteiger charge is -2.08. The Morgan fingerprint density at radius 1 is 1.05 bits per heavy atom. The van der Waals surface area contributed by atoms with Crippen LogP contribution in [0.4, 0.5) is 4.79 Å². The Kier molecular flexibility index (Phi) is 4.39. The highest BCUT2D eigenvalue weighted by Crippen LogP contribution is 2.20. The number of carbonyl (C=O) groups excluding carboxylic acids is 1. The molecular formula is C15H15NO3. The second-order valence-corrected chi connectivity index (χ2v) is 3.89. The van der Waals surface area contributed by atoms with Gasteiger partial charge in [0.2, 0.25) is 0 Å². The van der Waals surface area contributed by atoms with Gasteiger partial charge >= 0.3 is 6.09 Å². The van der Waals surface area contributed by atoms with Gasteiger partial charge in [0.1, 0.15) is 18.1 Å². The van der Waals surface area contributed by atoms with Crippen molar-refractivity contribution in [3.63, 3.8) is 0 Å². The number of hydrogen-bond donors (Lipinski definition) is 1. The molecule has 0 spiro atoms. The third kappa shape index (κ3) is 4.03. The molecule has 0 atom stereocenters. The first-order valence-corrected chi connectivity index (χ1v) is 5.94. The molecule has 0 aliphatic rings. The predicted octanol–water partition coefficient (Wildman–Crippen LogP) is 2.98. The van der Waals surface area contributed by atoms with Gasteiger partial charge in [0.15, 0.2) is 0 Å². The Labute approximate surface area is 112 Å². The van der Waals surface area contributed by atoms with Crippen molar-refractivity contribution < 1.29 is 14.3 Å². The fourth-order valence-corrected chi connectivity index (χ4v) is 1.53. The molecule has 4 nitrogen and oxygen atoms in total. The Morgan fingerprint density at radius 3 is 2.53 bits per heavy atom. The van der Waals surface area contributed by atoms with E-state index < -0.39 is 6.09 Å². The number of ether oxygens (including phenoxy) is 2. The molecule has 0 fully saturated rings. The van der Waals surface area contributed by atoms with Crippen molar-refractivity contribution in [3.05, 3.63) is 60.2 Å². The fraction of sp³-hybridized carbons (Fsp3) is 0.133. The molecule has 0 radical (unpaired) electrons. The monoisotopic (exact) mass is 257 g/mol. The zero-order chi connectivity index (χ0) is 13.5. The largest absolute Gasteiger partial charge is 0.489 e. The molecule has 2 rings (SSSR count). The highest BCUT2D eigenvalue weighted by atomic mass is 16.6.